The van der Waals surface area contributed by atoms with Crippen LogP contribution in [0.5, 0.6) is 0 Å². The van der Waals surface area contributed by atoms with Gasteiger partial charge in [0.15, 0.2) is 0 Å². The van der Waals surface area contributed by atoms with Crippen LogP contribution >= 0.6 is 0 Å². The van der Waals surface area contributed by atoms with Gasteiger partial charge in [0, 0.05) is 44.5 Å². The van der Waals surface area contributed by atoms with Crippen LogP contribution in [0.15, 0.2) is 30.5 Å². The number of nitrogens with one attached hydrogen (secondary N) is 1. The Morgan fingerprint density at radius 1 is 1.15 bits per heavy atom. The lowest BCUT2D eigenvalue weighted by molar-refractivity contribution is -0.0306. The van der Waals surface area contributed by atoms with Crippen LogP contribution in [-0.2, 0) is 24.4 Å². The van der Waals surface area contributed by atoms with Gasteiger partial charge >= 0.3 is 0 Å². The van der Waals surface area contributed by atoms with Gasteiger partial charge in [0.25, 0.3) is 0 Å². The molecule has 0 unspecified atom stereocenters. The van der Waals surface area contributed by atoms with Crippen molar-refractivity contribution in [2.45, 2.75) is 52.9 Å². The number of hydrogen-bond donors (Lipinski definition) is 1. The first-order valence-electron chi connectivity index (χ1n) is 9.77. The van der Waals surface area contributed by atoms with Gasteiger partial charge < -0.3 is 10.1 Å². The van der Waals surface area contributed by atoms with Crippen LogP contribution in [-0.4, -0.2) is 47.0 Å². The Morgan fingerprint density at radius 2 is 1.96 bits per heavy atom. The van der Waals surface area contributed by atoms with Gasteiger partial charge in [0.1, 0.15) is 0 Å². The monoisotopic (exact) mass is 356 g/mol. The van der Waals surface area contributed by atoms with Crippen LogP contribution < -0.4 is 5.32 Å². The summed E-state index contributed by atoms with van der Waals surface area (Å²) in [7, 11) is 0. The molecule has 1 N–H and O–H groups in total. The van der Waals surface area contributed by atoms with E-state index in [0.29, 0.717) is 6.10 Å². The predicted molar refractivity (Wildman–Crippen MR) is 105 cm³/mol. The summed E-state index contributed by atoms with van der Waals surface area (Å²) in [6.45, 7) is 13.1. The van der Waals surface area contributed by atoms with Crippen LogP contribution in [0.3, 0.4) is 0 Å². The first kappa shape index (κ1) is 19.1. The van der Waals surface area contributed by atoms with E-state index in [4.69, 9.17) is 9.84 Å². The highest BCUT2D eigenvalue weighted by atomic mass is 16.5. The lowest BCUT2D eigenvalue weighted by Gasteiger charge is -2.32. The Labute approximate surface area is 157 Å². The first-order valence-corrected chi connectivity index (χ1v) is 9.77. The second kappa shape index (κ2) is 9.31. The van der Waals surface area contributed by atoms with Gasteiger partial charge in [-0.1, -0.05) is 31.2 Å². The van der Waals surface area contributed by atoms with E-state index in [-0.39, 0.29) is 0 Å². The lowest BCUT2D eigenvalue weighted by atomic mass is 10.1. The molecule has 1 atom stereocenters. The molecule has 1 aromatic heterocycles. The van der Waals surface area contributed by atoms with Crippen molar-refractivity contribution in [3.05, 3.63) is 52.8 Å². The SMILES string of the molecule is CC[C@@H]1CN(CCn2cc(CNCc3ccccc3C)c(C)n2)CCO1. The maximum absolute atomic E-state index is 5.75. The molecular formula is C21H32N4O. The van der Waals surface area contributed by atoms with Gasteiger partial charge in [-0.25, -0.2) is 0 Å². The number of aromatic nitrogens is 2. The molecule has 2 heterocycles. The topological polar surface area (TPSA) is 42.3 Å². The zero-order valence-corrected chi connectivity index (χ0v) is 16.4. The molecule has 0 saturated carbocycles. The third-order valence-electron chi connectivity index (χ3n) is 5.26. The van der Waals surface area contributed by atoms with Crippen molar-refractivity contribution in [1.29, 1.82) is 0 Å². The van der Waals surface area contributed by atoms with E-state index < -0.39 is 0 Å². The number of ether oxygens (including phenoxy) is 1. The molecule has 0 aliphatic carbocycles. The van der Waals surface area contributed by atoms with Crippen LogP contribution in [0.4, 0.5) is 0 Å². The Kier molecular flexibility index (Phi) is 6.83. The minimum atomic E-state index is 0.393. The minimum absolute atomic E-state index is 0.393. The van der Waals surface area contributed by atoms with Crippen LogP contribution in [0, 0.1) is 13.8 Å². The van der Waals surface area contributed by atoms with E-state index in [0.717, 1.165) is 58.0 Å². The highest BCUT2D eigenvalue weighted by molar-refractivity contribution is 5.25. The van der Waals surface area contributed by atoms with Crippen LogP contribution in [0.25, 0.3) is 0 Å². The lowest BCUT2D eigenvalue weighted by Crippen LogP contribution is -2.43. The fourth-order valence-corrected chi connectivity index (χ4v) is 3.46. The fourth-order valence-electron chi connectivity index (χ4n) is 3.46. The summed E-state index contributed by atoms with van der Waals surface area (Å²) in [4.78, 5) is 2.49. The summed E-state index contributed by atoms with van der Waals surface area (Å²) < 4.78 is 7.84. The van der Waals surface area contributed by atoms with Crippen LogP contribution in [0.1, 0.15) is 35.7 Å². The molecule has 0 radical (unpaired) electrons. The molecule has 1 saturated heterocycles. The summed E-state index contributed by atoms with van der Waals surface area (Å²) in [6.07, 6.45) is 3.68. The second-order valence-electron chi connectivity index (χ2n) is 7.23. The van der Waals surface area contributed by atoms with Crippen molar-refractivity contribution >= 4 is 0 Å². The number of aryl methyl sites for hydroxylation is 2. The minimum Gasteiger partial charge on any atom is -0.376 e. The number of rotatable bonds is 8. The Hall–Kier alpha value is -1.69. The van der Waals surface area contributed by atoms with E-state index >= 15 is 0 Å². The summed E-state index contributed by atoms with van der Waals surface area (Å²) in [5, 5.41) is 8.25. The summed E-state index contributed by atoms with van der Waals surface area (Å²) in [6, 6.07) is 8.53. The first-order chi connectivity index (χ1) is 12.7. The molecule has 3 rings (SSSR count). The average molecular weight is 357 g/mol. The molecule has 5 heteroatoms. The third-order valence-corrected chi connectivity index (χ3v) is 5.26. The summed E-state index contributed by atoms with van der Waals surface area (Å²) >= 11 is 0. The van der Waals surface area contributed by atoms with E-state index in [9.17, 15) is 0 Å². The zero-order chi connectivity index (χ0) is 18.4. The van der Waals surface area contributed by atoms with Gasteiger partial charge in [0.05, 0.1) is 24.9 Å². The van der Waals surface area contributed by atoms with Crippen molar-refractivity contribution in [2.75, 3.05) is 26.2 Å². The molecule has 26 heavy (non-hydrogen) atoms. The molecule has 1 aliphatic heterocycles. The van der Waals surface area contributed by atoms with Gasteiger partial charge in [0.2, 0.25) is 0 Å². The van der Waals surface area contributed by atoms with Gasteiger partial charge in [-0.15, -0.1) is 0 Å². The normalized spacial score (nSPS) is 18.3. The maximum atomic E-state index is 5.75. The quantitative estimate of drug-likeness (QED) is 0.790. The van der Waals surface area contributed by atoms with E-state index in [1.165, 1.54) is 16.7 Å². The molecule has 1 fully saturated rings. The van der Waals surface area contributed by atoms with Gasteiger partial charge in [-0.3, -0.25) is 9.58 Å². The highest BCUT2D eigenvalue weighted by Crippen LogP contribution is 2.11. The van der Waals surface area contributed by atoms with Crippen molar-refractivity contribution < 1.29 is 4.74 Å². The molecule has 2 aromatic rings. The maximum Gasteiger partial charge on any atom is 0.0700 e. The zero-order valence-electron chi connectivity index (χ0n) is 16.4. The van der Waals surface area contributed by atoms with E-state index in [1.54, 1.807) is 0 Å². The van der Waals surface area contributed by atoms with Crippen molar-refractivity contribution in [3.63, 3.8) is 0 Å². The molecule has 1 aliphatic rings. The van der Waals surface area contributed by atoms with Crippen molar-refractivity contribution in [1.82, 2.24) is 20.0 Å². The number of nitrogens with zero attached hydrogens (tertiary/aromatic N) is 3. The van der Waals surface area contributed by atoms with E-state index in [2.05, 4.69) is 66.1 Å². The van der Waals surface area contributed by atoms with Crippen LogP contribution in [0.2, 0.25) is 0 Å². The third kappa shape index (κ3) is 5.16. The largest absolute Gasteiger partial charge is 0.376 e. The molecule has 1 aromatic carbocycles. The van der Waals surface area contributed by atoms with Crippen molar-refractivity contribution in [3.8, 4) is 0 Å². The molecule has 0 spiro atoms. The highest BCUT2D eigenvalue weighted by Gasteiger charge is 2.18. The predicted octanol–water partition coefficient (Wildman–Crippen LogP) is 2.90. The molecular weight excluding hydrogens is 324 g/mol. The Balaban J connectivity index is 1.47. The molecule has 0 amide bonds. The van der Waals surface area contributed by atoms with Crippen molar-refractivity contribution in [2.24, 2.45) is 0 Å². The fraction of sp³-hybridized carbons (Fsp3) is 0.571. The molecule has 0 bridgehead atoms. The Bertz CT molecular complexity index is 697. The van der Waals surface area contributed by atoms with Gasteiger partial charge in [-0.2, -0.15) is 5.10 Å². The standard InChI is InChI=1S/C21H32N4O/c1-4-21-16-24(11-12-26-21)9-10-25-15-20(18(3)23-25)14-22-13-19-8-6-5-7-17(19)2/h5-8,15,21-22H,4,9-14,16H2,1-3H3/t21-/m1/s1. The second-order valence-corrected chi connectivity index (χ2v) is 7.23. The van der Waals surface area contributed by atoms with Gasteiger partial charge in [-0.05, 0) is 31.4 Å². The summed E-state index contributed by atoms with van der Waals surface area (Å²) in [5.41, 5.74) is 5.10. The number of morpholine rings is 1. The molecule has 142 valence electrons. The number of hydrogen-bond acceptors (Lipinski definition) is 4. The summed E-state index contributed by atoms with van der Waals surface area (Å²) in [5.74, 6) is 0. The number of benzene rings is 1. The molecule has 5 nitrogen and oxygen atoms in total. The van der Waals surface area contributed by atoms with E-state index in [1.807, 2.05) is 0 Å². The Morgan fingerprint density at radius 3 is 2.77 bits per heavy atom. The average Bonchev–Trinajstić information content (AvgIpc) is 3.01. The smallest absolute Gasteiger partial charge is 0.0700 e.